The monoisotopic (exact) mass is 390 g/mol. The van der Waals surface area contributed by atoms with Crippen molar-refractivity contribution in [3.05, 3.63) is 83.7 Å². The minimum Gasteiger partial charge on any atom is -0.398 e. The highest BCUT2D eigenvalue weighted by Crippen LogP contribution is 2.18. The molecule has 3 rings (SSSR count). The fourth-order valence-corrected chi connectivity index (χ4v) is 3.55. The molecule has 2 aromatic rings. The second-order valence-corrected chi connectivity index (χ2v) is 7.48. The van der Waals surface area contributed by atoms with Crippen molar-refractivity contribution >= 4 is 17.3 Å². The van der Waals surface area contributed by atoms with Gasteiger partial charge in [0.15, 0.2) is 0 Å². The topological polar surface area (TPSA) is 93.2 Å². The summed E-state index contributed by atoms with van der Waals surface area (Å²) in [7, 11) is 0. The van der Waals surface area contributed by atoms with Gasteiger partial charge < -0.3 is 22.1 Å². The predicted molar refractivity (Wildman–Crippen MR) is 120 cm³/mol. The maximum absolute atomic E-state index is 12.6. The Labute approximate surface area is 172 Å². The highest BCUT2D eigenvalue weighted by Gasteiger charge is 2.15. The molecule has 5 nitrogen and oxygen atoms in total. The molecule has 6 N–H and O–H groups in total. The molecule has 0 radical (unpaired) electrons. The van der Waals surface area contributed by atoms with Gasteiger partial charge in [0.1, 0.15) is 5.82 Å². The molecule has 0 atom stereocenters. The molecule has 152 valence electrons. The zero-order valence-corrected chi connectivity index (χ0v) is 16.7. The lowest BCUT2D eigenvalue weighted by atomic mass is 10.1. The lowest BCUT2D eigenvalue weighted by molar-refractivity contribution is 0.0933. The van der Waals surface area contributed by atoms with E-state index in [1.165, 1.54) is 25.7 Å². The van der Waals surface area contributed by atoms with Gasteiger partial charge in [-0.15, -0.1) is 0 Å². The van der Waals surface area contributed by atoms with Gasteiger partial charge in [-0.25, -0.2) is 0 Å². The molecule has 0 heterocycles. The lowest BCUT2D eigenvalue weighted by Gasteiger charge is -2.16. The standard InChI is InChI=1S/C24H30N4O/c25-22(18-9-4-3-5-10-18)15-16-23(26)27-21-14-8-11-19(17-21)24(29)28-20-12-6-1-2-7-13-20/h3-5,8-11,14-17,20,27H,1-2,6-7,12-13,25-26H2,(H,28,29)/b22-15-,23-16+. The largest absolute Gasteiger partial charge is 0.398 e. The summed E-state index contributed by atoms with van der Waals surface area (Å²) in [5, 5.41) is 6.29. The first-order valence-electron chi connectivity index (χ1n) is 10.3. The number of benzene rings is 2. The third-order valence-electron chi connectivity index (χ3n) is 5.15. The van der Waals surface area contributed by atoms with Crippen LogP contribution in [0, 0.1) is 0 Å². The third-order valence-corrected chi connectivity index (χ3v) is 5.15. The van der Waals surface area contributed by atoms with Gasteiger partial charge in [-0.05, 0) is 48.8 Å². The number of hydrogen-bond donors (Lipinski definition) is 4. The van der Waals surface area contributed by atoms with Gasteiger partial charge in [0, 0.05) is 23.0 Å². The predicted octanol–water partition coefficient (Wildman–Crippen LogP) is 4.35. The van der Waals surface area contributed by atoms with Crippen molar-refractivity contribution in [2.24, 2.45) is 11.5 Å². The zero-order valence-electron chi connectivity index (χ0n) is 16.7. The van der Waals surface area contributed by atoms with Crippen LogP contribution >= 0.6 is 0 Å². The Morgan fingerprint density at radius 3 is 2.28 bits per heavy atom. The van der Waals surface area contributed by atoms with Crippen LogP contribution in [0.5, 0.6) is 0 Å². The fraction of sp³-hybridized carbons (Fsp3) is 0.292. The SMILES string of the molecule is N/C(=C\C=C(/N)Nc1cccc(C(=O)NC2CCCCCC2)c1)c1ccccc1. The Morgan fingerprint density at radius 2 is 1.55 bits per heavy atom. The van der Waals surface area contributed by atoms with Gasteiger partial charge in [-0.2, -0.15) is 0 Å². The maximum atomic E-state index is 12.6. The van der Waals surface area contributed by atoms with Crippen LogP contribution in [0.15, 0.2) is 72.6 Å². The van der Waals surface area contributed by atoms with E-state index in [0.717, 1.165) is 24.1 Å². The van der Waals surface area contributed by atoms with E-state index in [2.05, 4.69) is 10.6 Å². The van der Waals surface area contributed by atoms with Crippen LogP contribution in [0.4, 0.5) is 5.69 Å². The molecule has 1 amide bonds. The number of hydrogen-bond acceptors (Lipinski definition) is 4. The number of carbonyl (C=O) groups is 1. The van der Waals surface area contributed by atoms with Crippen molar-refractivity contribution in [1.29, 1.82) is 0 Å². The van der Waals surface area contributed by atoms with Crippen LogP contribution in [0.1, 0.15) is 54.4 Å². The van der Waals surface area contributed by atoms with Gasteiger partial charge in [0.25, 0.3) is 5.91 Å². The molecule has 0 aliphatic heterocycles. The smallest absolute Gasteiger partial charge is 0.251 e. The molecule has 1 aliphatic rings. The highest BCUT2D eigenvalue weighted by atomic mass is 16.1. The normalized spacial score (nSPS) is 16.1. The third kappa shape index (κ3) is 6.42. The minimum absolute atomic E-state index is 0.0312. The molecule has 0 unspecified atom stereocenters. The molecule has 2 aromatic carbocycles. The van der Waals surface area contributed by atoms with Crippen molar-refractivity contribution in [1.82, 2.24) is 5.32 Å². The summed E-state index contributed by atoms with van der Waals surface area (Å²) in [5.74, 6) is 0.418. The number of carbonyl (C=O) groups excluding carboxylic acids is 1. The molecule has 5 heteroatoms. The number of nitrogens with one attached hydrogen (secondary N) is 2. The summed E-state index contributed by atoms with van der Waals surface area (Å²) in [6, 6.07) is 17.4. The second kappa shape index (κ2) is 10.4. The van der Waals surface area contributed by atoms with E-state index < -0.39 is 0 Å². The number of anilines is 1. The maximum Gasteiger partial charge on any atom is 0.251 e. The van der Waals surface area contributed by atoms with Crippen LogP contribution in [-0.4, -0.2) is 11.9 Å². The van der Waals surface area contributed by atoms with Gasteiger partial charge in [-0.3, -0.25) is 4.79 Å². The average molecular weight is 391 g/mol. The fourth-order valence-electron chi connectivity index (χ4n) is 3.55. The first-order valence-corrected chi connectivity index (χ1v) is 10.3. The van der Waals surface area contributed by atoms with Gasteiger partial charge in [0.2, 0.25) is 0 Å². The van der Waals surface area contributed by atoms with Crippen LogP contribution in [-0.2, 0) is 0 Å². The molecule has 1 aliphatic carbocycles. The van der Waals surface area contributed by atoms with Crippen molar-refractivity contribution in [3.8, 4) is 0 Å². The van der Waals surface area contributed by atoms with Crippen LogP contribution in [0.25, 0.3) is 5.70 Å². The first-order chi connectivity index (χ1) is 14.1. The van der Waals surface area contributed by atoms with E-state index >= 15 is 0 Å². The highest BCUT2D eigenvalue weighted by molar-refractivity contribution is 5.95. The van der Waals surface area contributed by atoms with Crippen molar-refractivity contribution < 1.29 is 4.79 Å². The summed E-state index contributed by atoms with van der Waals surface area (Å²) < 4.78 is 0. The molecule has 0 spiro atoms. The molecule has 0 bridgehead atoms. The summed E-state index contributed by atoms with van der Waals surface area (Å²) in [5.41, 5.74) is 15.1. The van der Waals surface area contributed by atoms with Crippen molar-refractivity contribution in [2.75, 3.05) is 5.32 Å². The molecule has 0 aromatic heterocycles. The Hall–Kier alpha value is -3.21. The van der Waals surface area contributed by atoms with E-state index in [9.17, 15) is 4.79 Å². The number of amides is 1. The van der Waals surface area contributed by atoms with Crippen LogP contribution in [0.3, 0.4) is 0 Å². The molecule has 1 saturated carbocycles. The summed E-state index contributed by atoms with van der Waals surface area (Å²) >= 11 is 0. The minimum atomic E-state index is -0.0312. The molecular formula is C24H30N4O. The lowest BCUT2D eigenvalue weighted by Crippen LogP contribution is -2.34. The number of rotatable bonds is 6. The number of nitrogens with two attached hydrogens (primary N) is 2. The van der Waals surface area contributed by atoms with E-state index in [0.29, 0.717) is 17.1 Å². The quantitative estimate of drug-likeness (QED) is 0.436. The molecule has 1 fully saturated rings. The second-order valence-electron chi connectivity index (χ2n) is 7.48. The van der Waals surface area contributed by atoms with Crippen LogP contribution in [0.2, 0.25) is 0 Å². The van der Waals surface area contributed by atoms with Gasteiger partial charge in [-0.1, -0.05) is 62.1 Å². The van der Waals surface area contributed by atoms with E-state index in [1.807, 2.05) is 54.6 Å². The van der Waals surface area contributed by atoms with Crippen molar-refractivity contribution in [2.45, 2.75) is 44.6 Å². The molecule has 0 saturated heterocycles. The summed E-state index contributed by atoms with van der Waals surface area (Å²) in [6.07, 6.45) is 10.5. The van der Waals surface area contributed by atoms with Crippen molar-refractivity contribution in [3.63, 3.8) is 0 Å². The van der Waals surface area contributed by atoms with Crippen LogP contribution < -0.4 is 22.1 Å². The molecule has 29 heavy (non-hydrogen) atoms. The van der Waals surface area contributed by atoms with E-state index in [-0.39, 0.29) is 11.9 Å². The summed E-state index contributed by atoms with van der Waals surface area (Å²) in [4.78, 5) is 12.6. The van der Waals surface area contributed by atoms with Gasteiger partial charge in [0.05, 0.1) is 0 Å². The summed E-state index contributed by atoms with van der Waals surface area (Å²) in [6.45, 7) is 0. The van der Waals surface area contributed by atoms with Gasteiger partial charge >= 0.3 is 0 Å². The Morgan fingerprint density at radius 1 is 0.862 bits per heavy atom. The Kier molecular flexibility index (Phi) is 7.34. The number of allylic oxidation sites excluding steroid dienone is 2. The van der Waals surface area contributed by atoms with E-state index in [4.69, 9.17) is 11.5 Å². The average Bonchev–Trinajstić information content (AvgIpc) is 3.01. The first kappa shape index (κ1) is 20.5. The Balaban J connectivity index is 1.62. The zero-order chi connectivity index (χ0) is 20.5. The molecular weight excluding hydrogens is 360 g/mol. The Bertz CT molecular complexity index is 865. The van der Waals surface area contributed by atoms with E-state index in [1.54, 1.807) is 12.2 Å².